The zero-order valence-corrected chi connectivity index (χ0v) is 10.8. The van der Waals surface area contributed by atoms with Crippen LogP contribution in [-0.4, -0.2) is 32.1 Å². The van der Waals surface area contributed by atoms with Crippen LogP contribution in [0.1, 0.15) is 5.56 Å². The van der Waals surface area contributed by atoms with E-state index in [2.05, 4.69) is 0 Å². The largest absolute Gasteiger partial charge is 0.416 e. The smallest absolute Gasteiger partial charge is 0.330 e. The molecule has 0 aliphatic carbocycles. The molecule has 7 heteroatoms. The standard InChI is InChI=1S/C11H12ClF3N2O/c1-16(2)10(18)17(3)9-6-7(11(13,14)15)4-5-8(9)12/h4-6H,1-3H3. The third-order valence-electron chi connectivity index (χ3n) is 2.30. The summed E-state index contributed by atoms with van der Waals surface area (Å²) in [5, 5.41) is 0.0840. The van der Waals surface area contributed by atoms with Crippen LogP contribution in [0.4, 0.5) is 23.7 Å². The highest BCUT2D eigenvalue weighted by molar-refractivity contribution is 6.33. The van der Waals surface area contributed by atoms with Crippen molar-refractivity contribution >= 4 is 23.3 Å². The fraction of sp³-hybridized carbons (Fsp3) is 0.364. The summed E-state index contributed by atoms with van der Waals surface area (Å²) in [6.07, 6.45) is -4.47. The minimum atomic E-state index is -4.47. The van der Waals surface area contributed by atoms with Gasteiger partial charge in [0.15, 0.2) is 0 Å². The molecule has 2 amide bonds. The predicted molar refractivity (Wildman–Crippen MR) is 63.9 cm³/mol. The number of anilines is 1. The Bertz CT molecular complexity index is 460. The number of halogens is 4. The van der Waals surface area contributed by atoms with E-state index in [1.807, 2.05) is 0 Å². The molecule has 100 valence electrons. The summed E-state index contributed by atoms with van der Waals surface area (Å²) < 4.78 is 37.7. The van der Waals surface area contributed by atoms with Crippen LogP contribution in [0.2, 0.25) is 5.02 Å². The quantitative estimate of drug-likeness (QED) is 0.772. The minimum Gasteiger partial charge on any atom is -0.330 e. The Morgan fingerprint density at radius 3 is 2.22 bits per heavy atom. The van der Waals surface area contributed by atoms with Gasteiger partial charge in [0.25, 0.3) is 0 Å². The van der Waals surface area contributed by atoms with Crippen molar-refractivity contribution in [3.8, 4) is 0 Å². The van der Waals surface area contributed by atoms with Crippen molar-refractivity contribution in [3.05, 3.63) is 28.8 Å². The van der Waals surface area contributed by atoms with Crippen LogP contribution in [-0.2, 0) is 6.18 Å². The number of carbonyl (C=O) groups is 1. The maximum atomic E-state index is 12.6. The third kappa shape index (κ3) is 3.07. The molecule has 0 bridgehead atoms. The average molecular weight is 281 g/mol. The van der Waals surface area contributed by atoms with E-state index in [0.29, 0.717) is 0 Å². The van der Waals surface area contributed by atoms with Gasteiger partial charge >= 0.3 is 12.2 Å². The molecule has 0 aliphatic rings. The topological polar surface area (TPSA) is 23.6 Å². The molecular weight excluding hydrogens is 269 g/mol. The lowest BCUT2D eigenvalue weighted by Gasteiger charge is -2.23. The summed E-state index contributed by atoms with van der Waals surface area (Å²) >= 11 is 5.81. The van der Waals surface area contributed by atoms with Gasteiger partial charge in [0.1, 0.15) is 0 Å². The van der Waals surface area contributed by atoms with E-state index in [1.54, 1.807) is 0 Å². The molecule has 18 heavy (non-hydrogen) atoms. The number of amides is 2. The van der Waals surface area contributed by atoms with Crippen LogP contribution in [0.5, 0.6) is 0 Å². The van der Waals surface area contributed by atoms with E-state index >= 15 is 0 Å². The normalized spacial score (nSPS) is 11.3. The van der Waals surface area contributed by atoms with Crippen molar-refractivity contribution < 1.29 is 18.0 Å². The van der Waals surface area contributed by atoms with Gasteiger partial charge in [-0.25, -0.2) is 4.79 Å². The van der Waals surface area contributed by atoms with Gasteiger partial charge in [0.2, 0.25) is 0 Å². The highest BCUT2D eigenvalue weighted by Crippen LogP contribution is 2.35. The molecule has 1 rings (SSSR count). The molecule has 0 atom stereocenters. The van der Waals surface area contributed by atoms with Crippen molar-refractivity contribution in [2.45, 2.75) is 6.18 Å². The lowest BCUT2D eigenvalue weighted by molar-refractivity contribution is -0.137. The summed E-state index contributed by atoms with van der Waals surface area (Å²) in [5.41, 5.74) is -0.828. The van der Waals surface area contributed by atoms with Gasteiger partial charge in [-0.2, -0.15) is 13.2 Å². The van der Waals surface area contributed by atoms with E-state index < -0.39 is 17.8 Å². The van der Waals surface area contributed by atoms with Crippen molar-refractivity contribution in [2.75, 3.05) is 26.0 Å². The maximum Gasteiger partial charge on any atom is 0.416 e. The number of benzene rings is 1. The second-order valence-electron chi connectivity index (χ2n) is 3.90. The first-order valence-corrected chi connectivity index (χ1v) is 5.34. The first kappa shape index (κ1) is 14.6. The molecular formula is C11H12ClF3N2O. The summed E-state index contributed by atoms with van der Waals surface area (Å²) in [7, 11) is 4.37. The molecule has 0 heterocycles. The summed E-state index contributed by atoms with van der Waals surface area (Å²) in [6, 6.07) is 2.39. The van der Waals surface area contributed by atoms with Gasteiger partial charge in [-0.1, -0.05) is 11.6 Å². The number of urea groups is 1. The van der Waals surface area contributed by atoms with E-state index in [-0.39, 0.29) is 10.7 Å². The number of alkyl halides is 3. The number of nitrogens with zero attached hydrogens (tertiary/aromatic N) is 2. The van der Waals surface area contributed by atoms with Crippen molar-refractivity contribution in [1.82, 2.24) is 4.90 Å². The Morgan fingerprint density at radius 1 is 1.22 bits per heavy atom. The van der Waals surface area contributed by atoms with Crippen molar-refractivity contribution in [2.24, 2.45) is 0 Å². The monoisotopic (exact) mass is 280 g/mol. The lowest BCUT2D eigenvalue weighted by Crippen LogP contribution is -2.36. The Labute approximate surface area is 108 Å². The SMILES string of the molecule is CN(C)C(=O)N(C)c1cc(C(F)(F)F)ccc1Cl. The van der Waals surface area contributed by atoms with E-state index in [4.69, 9.17) is 11.6 Å². The number of rotatable bonds is 1. The number of hydrogen-bond acceptors (Lipinski definition) is 1. The molecule has 1 aromatic rings. The second-order valence-corrected chi connectivity index (χ2v) is 4.31. The van der Waals surface area contributed by atoms with Crippen LogP contribution in [0.15, 0.2) is 18.2 Å². The van der Waals surface area contributed by atoms with E-state index in [0.717, 1.165) is 23.1 Å². The molecule has 0 aliphatic heterocycles. The molecule has 0 saturated carbocycles. The van der Waals surface area contributed by atoms with Gasteiger partial charge in [-0.3, -0.25) is 4.90 Å². The molecule has 3 nitrogen and oxygen atoms in total. The fourth-order valence-electron chi connectivity index (χ4n) is 1.35. The fourth-order valence-corrected chi connectivity index (χ4v) is 1.59. The van der Waals surface area contributed by atoms with Crippen LogP contribution in [0.3, 0.4) is 0 Å². The highest BCUT2D eigenvalue weighted by Gasteiger charge is 2.31. The molecule has 1 aromatic carbocycles. The Kier molecular flexibility index (Phi) is 4.11. The van der Waals surface area contributed by atoms with E-state index in [9.17, 15) is 18.0 Å². The molecule has 0 N–H and O–H groups in total. The van der Waals surface area contributed by atoms with Gasteiger partial charge in [0.05, 0.1) is 16.3 Å². The first-order valence-electron chi connectivity index (χ1n) is 4.96. The third-order valence-corrected chi connectivity index (χ3v) is 2.62. The van der Waals surface area contributed by atoms with Gasteiger partial charge in [-0.15, -0.1) is 0 Å². The van der Waals surface area contributed by atoms with Crippen LogP contribution in [0, 0.1) is 0 Å². The summed E-state index contributed by atoms with van der Waals surface area (Å²) in [4.78, 5) is 14.0. The number of carbonyl (C=O) groups excluding carboxylic acids is 1. The number of hydrogen-bond donors (Lipinski definition) is 0. The summed E-state index contributed by atoms with van der Waals surface area (Å²) in [5.74, 6) is 0. The highest BCUT2D eigenvalue weighted by atomic mass is 35.5. The first-order chi connectivity index (χ1) is 8.14. The molecule has 0 aromatic heterocycles. The molecule has 0 unspecified atom stereocenters. The maximum absolute atomic E-state index is 12.6. The molecule has 0 spiro atoms. The average Bonchev–Trinajstić information content (AvgIpc) is 2.26. The van der Waals surface area contributed by atoms with Gasteiger partial charge in [-0.05, 0) is 18.2 Å². The molecule has 0 saturated heterocycles. The van der Waals surface area contributed by atoms with Crippen molar-refractivity contribution in [3.63, 3.8) is 0 Å². The molecule has 0 radical (unpaired) electrons. The van der Waals surface area contributed by atoms with Crippen LogP contribution >= 0.6 is 11.6 Å². The zero-order valence-electron chi connectivity index (χ0n) is 10.0. The van der Waals surface area contributed by atoms with Crippen LogP contribution < -0.4 is 4.90 Å². The van der Waals surface area contributed by atoms with Gasteiger partial charge in [0, 0.05) is 21.1 Å². The lowest BCUT2D eigenvalue weighted by atomic mass is 10.2. The van der Waals surface area contributed by atoms with Crippen molar-refractivity contribution in [1.29, 1.82) is 0 Å². The minimum absolute atomic E-state index is 0.0187. The Hall–Kier alpha value is -1.43. The summed E-state index contributed by atoms with van der Waals surface area (Å²) in [6.45, 7) is 0. The second kappa shape index (κ2) is 5.06. The zero-order chi connectivity index (χ0) is 14.1. The Balaban J connectivity index is 3.20. The van der Waals surface area contributed by atoms with Gasteiger partial charge < -0.3 is 4.90 Å². The van der Waals surface area contributed by atoms with E-state index in [1.165, 1.54) is 26.0 Å². The predicted octanol–water partition coefficient (Wildman–Crippen LogP) is 3.48. The molecule has 0 fully saturated rings. The Morgan fingerprint density at radius 2 is 1.78 bits per heavy atom. The van der Waals surface area contributed by atoms with Crippen LogP contribution in [0.25, 0.3) is 0 Å².